The van der Waals surface area contributed by atoms with Crippen LogP contribution in [0.4, 0.5) is 5.69 Å². The maximum absolute atomic E-state index is 12.5. The van der Waals surface area contributed by atoms with Crippen LogP contribution in [0.2, 0.25) is 10.0 Å². The van der Waals surface area contributed by atoms with Crippen LogP contribution in [-0.2, 0) is 6.54 Å². The van der Waals surface area contributed by atoms with Gasteiger partial charge in [0.2, 0.25) is 0 Å². The predicted molar refractivity (Wildman–Crippen MR) is 108 cm³/mol. The van der Waals surface area contributed by atoms with E-state index in [1.54, 1.807) is 36.4 Å². The topological polar surface area (TPSA) is 58.2 Å². The summed E-state index contributed by atoms with van der Waals surface area (Å²) in [6, 6.07) is 21.1. The highest BCUT2D eigenvalue weighted by atomic mass is 35.5. The number of benzene rings is 3. The summed E-state index contributed by atoms with van der Waals surface area (Å²) in [5.41, 5.74) is 2.15. The number of anilines is 1. The Hall–Kier alpha value is -2.82. The number of hydrogen-bond acceptors (Lipinski definition) is 2. The molecule has 0 aliphatic rings. The van der Waals surface area contributed by atoms with Crippen molar-refractivity contribution in [3.8, 4) is 0 Å². The lowest BCUT2D eigenvalue weighted by molar-refractivity contribution is 0.0951. The number of rotatable bonds is 5. The van der Waals surface area contributed by atoms with Gasteiger partial charge in [-0.3, -0.25) is 9.59 Å². The summed E-state index contributed by atoms with van der Waals surface area (Å²) in [5, 5.41) is 6.16. The maximum Gasteiger partial charge on any atom is 0.255 e. The zero-order valence-corrected chi connectivity index (χ0v) is 15.7. The number of amides is 2. The van der Waals surface area contributed by atoms with E-state index in [0.717, 1.165) is 5.56 Å². The van der Waals surface area contributed by atoms with Gasteiger partial charge in [0.1, 0.15) is 0 Å². The van der Waals surface area contributed by atoms with Crippen LogP contribution in [0, 0.1) is 0 Å². The van der Waals surface area contributed by atoms with Crippen LogP contribution in [-0.4, -0.2) is 11.8 Å². The minimum absolute atomic E-state index is 0.255. The first kappa shape index (κ1) is 19.0. The van der Waals surface area contributed by atoms with Gasteiger partial charge in [0, 0.05) is 17.7 Å². The quantitative estimate of drug-likeness (QED) is 0.622. The van der Waals surface area contributed by atoms with Crippen molar-refractivity contribution in [1.82, 2.24) is 5.32 Å². The molecule has 0 aliphatic heterocycles. The summed E-state index contributed by atoms with van der Waals surface area (Å²) in [5.74, 6) is -0.633. The zero-order valence-electron chi connectivity index (χ0n) is 14.2. The predicted octanol–water partition coefficient (Wildman–Crippen LogP) is 5.18. The minimum Gasteiger partial charge on any atom is -0.348 e. The average molecular weight is 399 g/mol. The van der Waals surface area contributed by atoms with Gasteiger partial charge in [0.25, 0.3) is 11.8 Å². The lowest BCUT2D eigenvalue weighted by atomic mass is 10.1. The molecular formula is C21H16Cl2N2O2. The molecule has 0 atom stereocenters. The van der Waals surface area contributed by atoms with Crippen molar-refractivity contribution in [2.45, 2.75) is 6.54 Å². The summed E-state index contributed by atoms with van der Waals surface area (Å²) >= 11 is 12.1. The first-order chi connectivity index (χ1) is 13.0. The van der Waals surface area contributed by atoms with E-state index in [4.69, 9.17) is 23.2 Å². The molecule has 0 saturated carbocycles. The van der Waals surface area contributed by atoms with Crippen molar-refractivity contribution in [2.75, 3.05) is 5.32 Å². The molecule has 2 N–H and O–H groups in total. The first-order valence-electron chi connectivity index (χ1n) is 8.22. The first-order valence-corrected chi connectivity index (χ1v) is 8.98. The van der Waals surface area contributed by atoms with Gasteiger partial charge in [-0.25, -0.2) is 0 Å². The van der Waals surface area contributed by atoms with Crippen LogP contribution in [0.25, 0.3) is 0 Å². The van der Waals surface area contributed by atoms with Crippen molar-refractivity contribution in [2.24, 2.45) is 0 Å². The van der Waals surface area contributed by atoms with Gasteiger partial charge in [-0.1, -0.05) is 65.7 Å². The van der Waals surface area contributed by atoms with Crippen LogP contribution < -0.4 is 10.6 Å². The number of carbonyl (C=O) groups excluding carboxylic acids is 2. The van der Waals surface area contributed by atoms with Crippen molar-refractivity contribution in [3.63, 3.8) is 0 Å². The van der Waals surface area contributed by atoms with E-state index in [9.17, 15) is 9.59 Å². The molecule has 0 fully saturated rings. The molecule has 3 aromatic rings. The smallest absolute Gasteiger partial charge is 0.255 e. The van der Waals surface area contributed by atoms with E-state index >= 15 is 0 Å². The Bertz CT molecular complexity index is 975. The van der Waals surface area contributed by atoms with E-state index in [1.807, 2.05) is 30.3 Å². The summed E-state index contributed by atoms with van der Waals surface area (Å²) < 4.78 is 0. The monoisotopic (exact) mass is 398 g/mol. The molecule has 0 saturated heterocycles. The largest absolute Gasteiger partial charge is 0.348 e. The third-order valence-corrected chi connectivity index (χ3v) is 4.70. The number of nitrogens with one attached hydrogen (secondary N) is 2. The molecular weight excluding hydrogens is 383 g/mol. The lowest BCUT2D eigenvalue weighted by Gasteiger charge is -2.10. The van der Waals surface area contributed by atoms with Gasteiger partial charge >= 0.3 is 0 Å². The molecule has 0 aromatic heterocycles. The molecule has 6 heteroatoms. The highest BCUT2D eigenvalue weighted by Gasteiger charge is 2.13. The fraction of sp³-hybridized carbons (Fsp3) is 0.0476. The Balaban J connectivity index is 1.70. The normalized spacial score (nSPS) is 10.3. The van der Waals surface area contributed by atoms with Gasteiger partial charge in [0.05, 0.1) is 15.7 Å². The third kappa shape index (κ3) is 4.88. The number of hydrogen-bond donors (Lipinski definition) is 2. The van der Waals surface area contributed by atoms with Crippen molar-refractivity contribution < 1.29 is 9.59 Å². The van der Waals surface area contributed by atoms with Gasteiger partial charge in [-0.2, -0.15) is 0 Å². The Morgan fingerprint density at radius 1 is 0.778 bits per heavy atom. The van der Waals surface area contributed by atoms with Crippen LogP contribution >= 0.6 is 23.2 Å². The standard InChI is InChI=1S/C21H16Cl2N2O2/c22-17-10-5-11-18(19(17)23)25-21(27)16-9-4-8-15(12-16)20(26)24-13-14-6-2-1-3-7-14/h1-12H,13H2,(H,24,26)(H,25,27). The summed E-state index contributed by atoms with van der Waals surface area (Å²) in [6.07, 6.45) is 0. The summed E-state index contributed by atoms with van der Waals surface area (Å²) in [6.45, 7) is 0.411. The second-order valence-corrected chi connectivity index (χ2v) is 6.59. The molecule has 3 aromatic carbocycles. The maximum atomic E-state index is 12.5. The number of halogens is 2. The molecule has 4 nitrogen and oxygen atoms in total. The Morgan fingerprint density at radius 3 is 2.19 bits per heavy atom. The summed E-state index contributed by atoms with van der Waals surface area (Å²) in [4.78, 5) is 24.9. The van der Waals surface area contributed by atoms with E-state index in [0.29, 0.717) is 28.4 Å². The Kier molecular flexibility index (Phi) is 6.12. The summed E-state index contributed by atoms with van der Waals surface area (Å²) in [7, 11) is 0. The minimum atomic E-state index is -0.378. The average Bonchev–Trinajstić information content (AvgIpc) is 2.70. The molecule has 0 heterocycles. The molecule has 0 radical (unpaired) electrons. The molecule has 0 spiro atoms. The van der Waals surface area contributed by atoms with Crippen molar-refractivity contribution in [3.05, 3.63) is 99.5 Å². The van der Waals surface area contributed by atoms with Crippen molar-refractivity contribution in [1.29, 1.82) is 0 Å². The van der Waals surface area contributed by atoms with Crippen LogP contribution in [0.3, 0.4) is 0 Å². The molecule has 0 aliphatic carbocycles. The van der Waals surface area contributed by atoms with Gasteiger partial charge in [-0.15, -0.1) is 0 Å². The van der Waals surface area contributed by atoms with E-state index in [1.165, 1.54) is 6.07 Å². The highest BCUT2D eigenvalue weighted by molar-refractivity contribution is 6.44. The lowest BCUT2D eigenvalue weighted by Crippen LogP contribution is -2.23. The van der Waals surface area contributed by atoms with Crippen LogP contribution in [0.5, 0.6) is 0 Å². The molecule has 136 valence electrons. The third-order valence-electron chi connectivity index (χ3n) is 3.88. The molecule has 2 amide bonds. The van der Waals surface area contributed by atoms with Crippen molar-refractivity contribution >= 4 is 40.7 Å². The van der Waals surface area contributed by atoms with Crippen LogP contribution in [0.15, 0.2) is 72.8 Å². The highest BCUT2D eigenvalue weighted by Crippen LogP contribution is 2.29. The molecule has 3 rings (SSSR count). The fourth-order valence-electron chi connectivity index (χ4n) is 2.48. The molecule has 27 heavy (non-hydrogen) atoms. The fourth-order valence-corrected chi connectivity index (χ4v) is 2.82. The zero-order chi connectivity index (χ0) is 19.2. The van der Waals surface area contributed by atoms with Gasteiger partial charge < -0.3 is 10.6 Å². The van der Waals surface area contributed by atoms with E-state index in [2.05, 4.69) is 10.6 Å². The molecule has 0 unspecified atom stereocenters. The number of carbonyl (C=O) groups is 2. The van der Waals surface area contributed by atoms with Gasteiger partial charge in [-0.05, 0) is 35.9 Å². The Morgan fingerprint density at radius 2 is 1.44 bits per heavy atom. The van der Waals surface area contributed by atoms with E-state index in [-0.39, 0.29) is 16.8 Å². The van der Waals surface area contributed by atoms with Crippen LogP contribution in [0.1, 0.15) is 26.3 Å². The van der Waals surface area contributed by atoms with E-state index < -0.39 is 0 Å². The van der Waals surface area contributed by atoms with Gasteiger partial charge in [0.15, 0.2) is 0 Å². The second-order valence-electron chi connectivity index (χ2n) is 5.80. The Labute approximate surface area is 167 Å². The second kappa shape index (κ2) is 8.71. The molecule has 0 bridgehead atoms. The SMILES string of the molecule is O=C(NCc1ccccc1)c1cccc(C(=O)Nc2cccc(Cl)c2Cl)c1.